The van der Waals surface area contributed by atoms with Crippen LogP contribution in [-0.2, 0) is 6.42 Å². The highest BCUT2D eigenvalue weighted by Crippen LogP contribution is 2.27. The lowest BCUT2D eigenvalue weighted by atomic mass is 10.1. The largest absolute Gasteiger partial charge is 0.315 e. The van der Waals surface area contributed by atoms with Gasteiger partial charge >= 0.3 is 0 Å². The topological polar surface area (TPSA) is 31.4 Å². The SMILES string of the molecule is CC(CNCCc1ccccc1)N(CCN(C)C)Sc1ccc2cnccc2c1. The van der Waals surface area contributed by atoms with E-state index < -0.39 is 0 Å². The summed E-state index contributed by atoms with van der Waals surface area (Å²) in [6.45, 7) is 6.35. The first-order valence-electron chi connectivity index (χ1n) is 10.3. The van der Waals surface area contributed by atoms with Crippen LogP contribution in [-0.4, -0.2) is 60.5 Å². The number of nitrogens with zero attached hydrogens (tertiary/aromatic N) is 3. The van der Waals surface area contributed by atoms with Crippen LogP contribution in [0.4, 0.5) is 0 Å². The Labute approximate surface area is 179 Å². The quantitative estimate of drug-likeness (QED) is 0.377. The van der Waals surface area contributed by atoms with Crippen molar-refractivity contribution < 1.29 is 0 Å². The molecule has 0 amide bonds. The summed E-state index contributed by atoms with van der Waals surface area (Å²) in [5.74, 6) is 0. The standard InChI is InChI=1S/C24H32N4S/c1-20(18-25-13-11-21-7-5-4-6-8-21)28(16-15-27(2)3)29-24-10-9-23-19-26-14-12-22(23)17-24/h4-10,12,14,17,19-20,25H,11,13,15-16,18H2,1-3H3. The summed E-state index contributed by atoms with van der Waals surface area (Å²) in [4.78, 5) is 7.73. The minimum Gasteiger partial charge on any atom is -0.315 e. The third-order valence-corrected chi connectivity index (χ3v) is 6.21. The fourth-order valence-corrected chi connectivity index (χ4v) is 4.21. The molecule has 1 unspecified atom stereocenters. The second-order valence-corrected chi connectivity index (χ2v) is 8.83. The Balaban J connectivity index is 1.57. The molecule has 0 fully saturated rings. The number of hydrogen-bond donors (Lipinski definition) is 1. The number of fused-ring (bicyclic) bond motifs is 1. The summed E-state index contributed by atoms with van der Waals surface area (Å²) < 4.78 is 2.50. The monoisotopic (exact) mass is 408 g/mol. The zero-order valence-corrected chi connectivity index (χ0v) is 18.5. The summed E-state index contributed by atoms with van der Waals surface area (Å²) in [7, 11) is 4.27. The van der Waals surface area contributed by atoms with Crippen molar-refractivity contribution in [3.05, 3.63) is 72.6 Å². The van der Waals surface area contributed by atoms with Gasteiger partial charge < -0.3 is 10.2 Å². The van der Waals surface area contributed by atoms with Crippen LogP contribution in [0.2, 0.25) is 0 Å². The Bertz CT molecular complexity index is 869. The molecule has 0 radical (unpaired) electrons. The van der Waals surface area contributed by atoms with Gasteiger partial charge in [0.15, 0.2) is 0 Å². The van der Waals surface area contributed by atoms with Crippen LogP contribution in [0.1, 0.15) is 12.5 Å². The summed E-state index contributed by atoms with van der Waals surface area (Å²) in [6.07, 6.45) is 4.85. The first kappa shape index (κ1) is 21.8. The predicted octanol–water partition coefficient (Wildman–Crippen LogP) is 4.33. The van der Waals surface area contributed by atoms with Gasteiger partial charge in [0, 0.05) is 48.4 Å². The highest BCUT2D eigenvalue weighted by molar-refractivity contribution is 7.97. The van der Waals surface area contributed by atoms with Gasteiger partial charge in [-0.3, -0.25) is 4.98 Å². The molecular weight excluding hydrogens is 376 g/mol. The number of rotatable bonds is 11. The normalized spacial score (nSPS) is 12.7. The molecule has 1 heterocycles. The zero-order chi connectivity index (χ0) is 20.5. The van der Waals surface area contributed by atoms with Crippen molar-refractivity contribution in [1.82, 2.24) is 19.5 Å². The van der Waals surface area contributed by atoms with Crippen molar-refractivity contribution in [2.45, 2.75) is 24.3 Å². The van der Waals surface area contributed by atoms with Crippen molar-refractivity contribution >= 4 is 22.7 Å². The van der Waals surface area contributed by atoms with Gasteiger partial charge in [-0.2, -0.15) is 0 Å². The van der Waals surface area contributed by atoms with Crippen LogP contribution in [0.5, 0.6) is 0 Å². The average Bonchev–Trinajstić information content (AvgIpc) is 2.74. The fraction of sp³-hybridized carbons (Fsp3) is 0.375. The van der Waals surface area contributed by atoms with E-state index in [9.17, 15) is 0 Å². The Morgan fingerprint density at radius 3 is 2.62 bits per heavy atom. The van der Waals surface area contributed by atoms with Gasteiger partial charge in [0.25, 0.3) is 0 Å². The molecule has 4 nitrogen and oxygen atoms in total. The molecule has 0 bridgehead atoms. The molecule has 0 aliphatic carbocycles. The van der Waals surface area contributed by atoms with Crippen LogP contribution in [0.25, 0.3) is 10.8 Å². The Hall–Kier alpha value is -1.92. The Kier molecular flexibility index (Phi) is 8.50. The van der Waals surface area contributed by atoms with Crippen molar-refractivity contribution in [3.8, 4) is 0 Å². The Morgan fingerprint density at radius 1 is 1.00 bits per heavy atom. The molecule has 154 valence electrons. The Morgan fingerprint density at radius 2 is 1.83 bits per heavy atom. The lowest BCUT2D eigenvalue weighted by Crippen LogP contribution is -2.40. The molecule has 29 heavy (non-hydrogen) atoms. The van der Waals surface area contributed by atoms with Gasteiger partial charge in [-0.25, -0.2) is 4.31 Å². The summed E-state index contributed by atoms with van der Waals surface area (Å²) in [6, 6.07) is 19.8. The molecule has 0 spiro atoms. The van der Waals surface area contributed by atoms with Crippen LogP contribution in [0.15, 0.2) is 71.9 Å². The van der Waals surface area contributed by atoms with Crippen LogP contribution in [0, 0.1) is 0 Å². The fourth-order valence-electron chi connectivity index (χ4n) is 3.20. The van der Waals surface area contributed by atoms with Gasteiger partial charge in [0.05, 0.1) is 0 Å². The maximum absolute atomic E-state index is 4.21. The smallest absolute Gasteiger partial charge is 0.0346 e. The van der Waals surface area contributed by atoms with Crippen molar-refractivity contribution in [2.75, 3.05) is 40.3 Å². The van der Waals surface area contributed by atoms with E-state index in [2.05, 4.69) is 95.1 Å². The van der Waals surface area contributed by atoms with Gasteiger partial charge in [-0.05, 0) is 75.1 Å². The lowest BCUT2D eigenvalue weighted by molar-refractivity contribution is 0.305. The molecule has 5 heteroatoms. The predicted molar refractivity (Wildman–Crippen MR) is 125 cm³/mol. The van der Waals surface area contributed by atoms with Crippen LogP contribution < -0.4 is 5.32 Å². The number of nitrogens with one attached hydrogen (secondary N) is 1. The third kappa shape index (κ3) is 7.12. The first-order valence-corrected chi connectivity index (χ1v) is 11.1. The summed E-state index contributed by atoms with van der Waals surface area (Å²) >= 11 is 1.85. The van der Waals surface area contributed by atoms with E-state index in [4.69, 9.17) is 0 Å². The highest BCUT2D eigenvalue weighted by Gasteiger charge is 2.16. The van der Waals surface area contributed by atoms with Gasteiger partial charge in [-0.15, -0.1) is 0 Å². The maximum Gasteiger partial charge on any atom is 0.0346 e. The highest BCUT2D eigenvalue weighted by atomic mass is 32.2. The van der Waals surface area contributed by atoms with Crippen molar-refractivity contribution in [1.29, 1.82) is 0 Å². The number of benzene rings is 2. The first-order chi connectivity index (χ1) is 14.1. The molecule has 0 saturated heterocycles. The molecular formula is C24H32N4S. The molecule has 3 aromatic rings. The van der Waals surface area contributed by atoms with E-state index in [1.807, 2.05) is 24.3 Å². The number of likely N-dealkylation sites (N-methyl/N-ethyl adjacent to an activating group) is 1. The maximum atomic E-state index is 4.21. The van der Waals surface area contributed by atoms with Crippen LogP contribution in [0.3, 0.4) is 0 Å². The lowest BCUT2D eigenvalue weighted by Gasteiger charge is -2.29. The van der Waals surface area contributed by atoms with E-state index in [0.717, 1.165) is 32.6 Å². The molecule has 1 aromatic heterocycles. The van der Waals surface area contributed by atoms with Gasteiger partial charge in [0.2, 0.25) is 0 Å². The van der Waals surface area contributed by atoms with Crippen molar-refractivity contribution in [3.63, 3.8) is 0 Å². The van der Waals surface area contributed by atoms with Crippen LogP contribution >= 0.6 is 11.9 Å². The van der Waals surface area contributed by atoms with E-state index in [0.29, 0.717) is 6.04 Å². The average molecular weight is 409 g/mol. The van der Waals surface area contributed by atoms with Gasteiger partial charge in [0.1, 0.15) is 0 Å². The molecule has 2 aromatic carbocycles. The molecule has 3 rings (SSSR count). The summed E-state index contributed by atoms with van der Waals surface area (Å²) in [5, 5.41) is 6.07. The minimum atomic E-state index is 0.434. The molecule has 1 N–H and O–H groups in total. The minimum absolute atomic E-state index is 0.434. The molecule has 0 saturated carbocycles. The van der Waals surface area contributed by atoms with E-state index in [-0.39, 0.29) is 0 Å². The summed E-state index contributed by atoms with van der Waals surface area (Å²) in [5.41, 5.74) is 1.39. The number of hydrogen-bond acceptors (Lipinski definition) is 5. The van der Waals surface area contributed by atoms with E-state index in [1.165, 1.54) is 21.2 Å². The van der Waals surface area contributed by atoms with Gasteiger partial charge in [-0.1, -0.05) is 36.4 Å². The zero-order valence-electron chi connectivity index (χ0n) is 17.7. The second-order valence-electron chi connectivity index (χ2n) is 7.71. The van der Waals surface area contributed by atoms with E-state index >= 15 is 0 Å². The third-order valence-electron chi connectivity index (χ3n) is 4.97. The molecule has 1 atom stereocenters. The van der Waals surface area contributed by atoms with Crippen molar-refractivity contribution in [2.24, 2.45) is 0 Å². The van der Waals surface area contributed by atoms with E-state index in [1.54, 1.807) is 0 Å². The number of aromatic nitrogens is 1. The number of pyridine rings is 1. The molecule has 0 aliphatic rings. The second kappa shape index (κ2) is 11.3. The molecule has 0 aliphatic heterocycles.